The van der Waals surface area contributed by atoms with Crippen molar-refractivity contribution in [3.63, 3.8) is 0 Å². The number of hydrogen-bond acceptors (Lipinski definition) is 6. The summed E-state index contributed by atoms with van der Waals surface area (Å²) >= 11 is 0. The predicted molar refractivity (Wildman–Crippen MR) is 115 cm³/mol. The molecule has 1 fully saturated rings. The maximum Gasteiger partial charge on any atom is 0.329 e. The third-order valence-electron chi connectivity index (χ3n) is 5.78. The van der Waals surface area contributed by atoms with Crippen LogP contribution in [0.1, 0.15) is 43.6 Å². The van der Waals surface area contributed by atoms with Gasteiger partial charge >= 0.3 is 6.03 Å². The van der Waals surface area contributed by atoms with Gasteiger partial charge in [-0.05, 0) is 42.5 Å². The van der Waals surface area contributed by atoms with Crippen molar-refractivity contribution < 1.29 is 14.7 Å². The Bertz CT molecular complexity index is 947. The normalized spacial score (nSPS) is 17.6. The summed E-state index contributed by atoms with van der Waals surface area (Å²) in [4.78, 5) is 38.7. The Kier molecular flexibility index (Phi) is 5.42. The molecule has 2 amide bonds. The molecule has 0 aromatic carbocycles. The number of urea groups is 1. The van der Waals surface area contributed by atoms with Crippen LogP contribution in [0, 0.1) is 5.41 Å². The van der Waals surface area contributed by atoms with Crippen molar-refractivity contribution in [2.75, 3.05) is 34.8 Å². The fraction of sp³-hybridized carbons (Fsp3) is 0.455. The highest BCUT2D eigenvalue weighted by Gasteiger charge is 2.40. The maximum atomic E-state index is 13.1. The summed E-state index contributed by atoms with van der Waals surface area (Å²) in [6.45, 7) is 5.55. The van der Waals surface area contributed by atoms with Crippen molar-refractivity contribution in [3.05, 3.63) is 42.2 Å². The number of nitrogens with one attached hydrogen (secondary N) is 1. The highest BCUT2D eigenvalue weighted by Crippen LogP contribution is 2.39. The van der Waals surface area contributed by atoms with E-state index in [1.165, 1.54) is 0 Å². The largest absolute Gasteiger partial charge is 0.396 e. The molecule has 2 aliphatic heterocycles. The average Bonchev–Trinajstić information content (AvgIpc) is 3.12. The van der Waals surface area contributed by atoms with Crippen LogP contribution in [0.15, 0.2) is 36.5 Å². The Labute approximate surface area is 175 Å². The fourth-order valence-corrected chi connectivity index (χ4v) is 4.15. The molecule has 0 unspecified atom stereocenters. The molecule has 0 spiro atoms. The van der Waals surface area contributed by atoms with Gasteiger partial charge in [0.15, 0.2) is 11.6 Å². The molecule has 158 valence electrons. The Balaban J connectivity index is 1.63. The first-order valence-corrected chi connectivity index (χ1v) is 10.3. The van der Waals surface area contributed by atoms with E-state index in [9.17, 15) is 14.7 Å². The van der Waals surface area contributed by atoms with Gasteiger partial charge in [0, 0.05) is 32.3 Å². The number of pyridine rings is 2. The summed E-state index contributed by atoms with van der Waals surface area (Å²) in [5.41, 5.74) is 0.895. The lowest BCUT2D eigenvalue weighted by molar-refractivity contribution is 0.0905. The Morgan fingerprint density at radius 3 is 2.83 bits per heavy atom. The molecule has 0 saturated carbocycles. The molecule has 4 heterocycles. The molecule has 4 rings (SSSR count). The second-order valence-corrected chi connectivity index (χ2v) is 8.68. The quantitative estimate of drug-likeness (QED) is 0.712. The van der Waals surface area contributed by atoms with Gasteiger partial charge in [0.2, 0.25) is 0 Å². The van der Waals surface area contributed by atoms with E-state index in [2.05, 4.69) is 20.2 Å². The van der Waals surface area contributed by atoms with E-state index < -0.39 is 0 Å². The molecular weight excluding hydrogens is 382 g/mol. The van der Waals surface area contributed by atoms with Crippen molar-refractivity contribution in [2.24, 2.45) is 5.41 Å². The number of aliphatic hydroxyl groups is 1. The van der Waals surface area contributed by atoms with Gasteiger partial charge in [-0.1, -0.05) is 19.9 Å². The topological polar surface area (TPSA) is 98.7 Å². The van der Waals surface area contributed by atoms with Gasteiger partial charge in [0.1, 0.15) is 11.5 Å². The molecule has 0 aliphatic carbocycles. The molecule has 2 aromatic heterocycles. The van der Waals surface area contributed by atoms with Crippen LogP contribution in [-0.4, -0.2) is 52.6 Å². The van der Waals surface area contributed by atoms with Gasteiger partial charge in [0.05, 0.1) is 11.7 Å². The molecule has 30 heavy (non-hydrogen) atoms. The van der Waals surface area contributed by atoms with Crippen molar-refractivity contribution in [3.8, 4) is 0 Å². The van der Waals surface area contributed by atoms with Gasteiger partial charge in [-0.25, -0.2) is 14.8 Å². The average molecular weight is 409 g/mol. The van der Waals surface area contributed by atoms with Gasteiger partial charge in [-0.3, -0.25) is 15.0 Å². The van der Waals surface area contributed by atoms with Crippen LogP contribution < -0.4 is 15.1 Å². The van der Waals surface area contributed by atoms with Crippen molar-refractivity contribution in [1.29, 1.82) is 0 Å². The second kappa shape index (κ2) is 8.02. The van der Waals surface area contributed by atoms with Crippen molar-refractivity contribution in [2.45, 2.75) is 39.2 Å². The zero-order valence-corrected chi connectivity index (χ0v) is 17.3. The smallest absolute Gasteiger partial charge is 0.329 e. The first-order chi connectivity index (χ1) is 14.4. The third-order valence-corrected chi connectivity index (χ3v) is 5.78. The van der Waals surface area contributed by atoms with Crippen LogP contribution in [0.3, 0.4) is 0 Å². The number of aliphatic hydroxyl groups excluding tert-OH is 1. The molecule has 0 radical (unpaired) electrons. The molecule has 2 aliphatic rings. The van der Waals surface area contributed by atoms with Crippen LogP contribution in [0.2, 0.25) is 0 Å². The summed E-state index contributed by atoms with van der Waals surface area (Å²) in [7, 11) is 0. The SMILES string of the molecule is CC(C)(CCO)CC(=O)c1ccc2c(n1)N(C(=O)Nc1ccccn1)[C@H]1CCN2C1. The Morgan fingerprint density at radius 1 is 1.27 bits per heavy atom. The van der Waals surface area contributed by atoms with Gasteiger partial charge < -0.3 is 10.0 Å². The zero-order chi connectivity index (χ0) is 21.3. The number of carbonyl (C=O) groups excluding carboxylic acids is 2. The molecule has 8 nitrogen and oxygen atoms in total. The lowest BCUT2D eigenvalue weighted by Crippen LogP contribution is -2.48. The molecule has 1 saturated heterocycles. The van der Waals surface area contributed by atoms with E-state index in [0.29, 0.717) is 23.8 Å². The minimum Gasteiger partial charge on any atom is -0.396 e. The minimum absolute atomic E-state index is 0.00453. The summed E-state index contributed by atoms with van der Waals surface area (Å²) < 4.78 is 0. The molecule has 2 N–H and O–H groups in total. The standard InChI is InChI=1S/C22H27N5O3/c1-22(2,9-12-28)13-18(29)16-6-7-17-20(24-16)27(15-8-11-26(17)14-15)21(30)25-19-5-3-4-10-23-19/h3-7,10,15,28H,8-9,11-14H2,1-2H3,(H,23,25,30)/t15-/m0/s1. The monoisotopic (exact) mass is 409 g/mol. The van der Waals surface area contributed by atoms with Gasteiger partial charge in [-0.15, -0.1) is 0 Å². The highest BCUT2D eigenvalue weighted by atomic mass is 16.3. The number of nitrogens with zero attached hydrogens (tertiary/aromatic N) is 4. The van der Waals surface area contributed by atoms with E-state index >= 15 is 0 Å². The van der Waals surface area contributed by atoms with Crippen LogP contribution in [0.4, 0.5) is 22.1 Å². The number of ketones is 1. The molecule has 2 bridgehead atoms. The maximum absolute atomic E-state index is 13.1. The summed E-state index contributed by atoms with van der Waals surface area (Å²) in [6, 6.07) is 8.68. The number of hydrogen-bond donors (Lipinski definition) is 2. The van der Waals surface area contributed by atoms with Gasteiger partial charge in [-0.2, -0.15) is 0 Å². The number of aromatic nitrogens is 2. The van der Waals surface area contributed by atoms with Gasteiger partial charge in [0.25, 0.3) is 0 Å². The highest BCUT2D eigenvalue weighted by molar-refractivity contribution is 6.05. The first kappa shape index (κ1) is 20.3. The predicted octanol–water partition coefficient (Wildman–Crippen LogP) is 3.09. The lowest BCUT2D eigenvalue weighted by Gasteiger charge is -2.35. The Morgan fingerprint density at radius 2 is 2.10 bits per heavy atom. The number of carbonyl (C=O) groups is 2. The Hall–Kier alpha value is -3.00. The van der Waals surface area contributed by atoms with E-state index in [1.807, 2.05) is 26.0 Å². The molecule has 1 atom stereocenters. The number of Topliss-reactive ketones (excluding diaryl/α,β-unsaturated/α-hetero) is 1. The van der Waals surface area contributed by atoms with Crippen LogP contribution >= 0.6 is 0 Å². The molecule has 8 heteroatoms. The zero-order valence-electron chi connectivity index (χ0n) is 17.3. The third kappa shape index (κ3) is 4.00. The fourth-order valence-electron chi connectivity index (χ4n) is 4.15. The summed E-state index contributed by atoms with van der Waals surface area (Å²) in [5, 5.41) is 12.1. The van der Waals surface area contributed by atoms with Crippen molar-refractivity contribution in [1.82, 2.24) is 9.97 Å². The van der Waals surface area contributed by atoms with Crippen LogP contribution in [0.25, 0.3) is 0 Å². The molecule has 2 aromatic rings. The van der Waals surface area contributed by atoms with E-state index in [-0.39, 0.29) is 36.3 Å². The second-order valence-electron chi connectivity index (χ2n) is 8.68. The van der Waals surface area contributed by atoms with E-state index in [0.717, 1.165) is 25.2 Å². The van der Waals surface area contributed by atoms with E-state index in [1.54, 1.807) is 29.3 Å². The number of fused-ring (bicyclic) bond motifs is 4. The first-order valence-electron chi connectivity index (χ1n) is 10.3. The summed E-state index contributed by atoms with van der Waals surface area (Å²) in [6.07, 6.45) is 3.30. The van der Waals surface area contributed by atoms with E-state index in [4.69, 9.17) is 0 Å². The number of amides is 2. The number of anilines is 3. The molecular formula is C22H27N5O3. The number of rotatable bonds is 6. The summed E-state index contributed by atoms with van der Waals surface area (Å²) in [5.74, 6) is 0.903. The lowest BCUT2D eigenvalue weighted by atomic mass is 9.83. The van der Waals surface area contributed by atoms with Crippen LogP contribution in [-0.2, 0) is 0 Å². The van der Waals surface area contributed by atoms with Crippen molar-refractivity contribution >= 4 is 29.1 Å². The minimum atomic E-state index is -0.317. The van der Waals surface area contributed by atoms with Crippen LogP contribution in [0.5, 0.6) is 0 Å².